The van der Waals surface area contributed by atoms with Crippen molar-refractivity contribution < 1.29 is 52.7 Å². The fraction of sp³-hybridized carbons (Fsp3) is 0.500. The molecular weight excluding hydrogens is 829 g/mol. The zero-order valence-electron chi connectivity index (χ0n) is 32.2. The first-order valence-electron chi connectivity index (χ1n) is 17.5. The van der Waals surface area contributed by atoms with Gasteiger partial charge in [0, 0.05) is 38.9 Å². The standard InChI is InChI=1S/C40H36F12N4S2/c1-31(2)21-13-9-10-14-22(21)32(3,4)30(31)55-28(43)26(37(44,45)46)36(18-54,40(50,51)52)19-57-29-25(27(41)42)35(17-53,39(47,48)49)20-58-38(56-29)33(5,6)23-15-11-12-16-24(23)34(38,7)8/h9-16H,19-20H2,1-8H3/b28-26+/t35-,36+/m1/s1. The Morgan fingerprint density at radius 2 is 1.21 bits per heavy atom. The number of hydrogen-bond acceptors (Lipinski definition) is 6. The van der Waals surface area contributed by atoms with Gasteiger partial charge in [-0.15, -0.1) is 23.5 Å². The van der Waals surface area contributed by atoms with Crippen molar-refractivity contribution in [2.24, 2.45) is 20.8 Å². The van der Waals surface area contributed by atoms with Crippen LogP contribution in [0.4, 0.5) is 52.7 Å². The SMILES string of the molecule is CC1(C)C(=N/C(F)=C(/C(F)(F)F)[C@](C#N)(CSC2=NC3(SC[C@@](C#N)(C(F)(F)F)C2=C(F)F)C(C)(C)c2ccccc2C3(C)C)C(F)(F)F)C(C)(C)c2ccccc21. The number of benzene rings is 2. The Morgan fingerprint density at radius 1 is 0.759 bits per heavy atom. The number of thioether (sulfide) groups is 2. The molecule has 4 nitrogen and oxygen atoms in total. The molecule has 1 heterocycles. The number of rotatable bonds is 4. The van der Waals surface area contributed by atoms with E-state index in [4.69, 9.17) is 0 Å². The van der Waals surface area contributed by atoms with Gasteiger partial charge >= 0.3 is 18.5 Å². The minimum atomic E-state index is -6.35. The van der Waals surface area contributed by atoms with E-state index in [9.17, 15) is 10.5 Å². The first kappa shape index (κ1) is 45.2. The summed E-state index contributed by atoms with van der Waals surface area (Å²) in [6.07, 6.45) is -21.7. The monoisotopic (exact) mass is 864 g/mol. The topological polar surface area (TPSA) is 72.3 Å². The minimum absolute atomic E-state index is 0.340. The third-order valence-corrected chi connectivity index (χ3v) is 15.2. The highest BCUT2D eigenvalue weighted by molar-refractivity contribution is 8.14. The van der Waals surface area contributed by atoms with Crippen molar-refractivity contribution in [3.8, 4) is 12.1 Å². The van der Waals surface area contributed by atoms with Gasteiger partial charge in [-0.3, -0.25) is 4.99 Å². The quantitative estimate of drug-likeness (QED) is 0.227. The number of fused-ring (bicyclic) bond motifs is 2. The largest absolute Gasteiger partial charge is 0.418 e. The molecule has 312 valence electrons. The lowest BCUT2D eigenvalue weighted by atomic mass is 9.75. The molecule has 3 aliphatic rings. The summed E-state index contributed by atoms with van der Waals surface area (Å²) in [5, 5.41) is 18.7. The second-order valence-corrected chi connectivity index (χ2v) is 18.7. The van der Waals surface area contributed by atoms with Gasteiger partial charge in [0.15, 0.2) is 10.8 Å². The molecular formula is C40H36F12N4S2. The van der Waals surface area contributed by atoms with Crippen LogP contribution in [0.15, 0.2) is 81.7 Å². The fourth-order valence-corrected chi connectivity index (χ4v) is 12.3. The van der Waals surface area contributed by atoms with Crippen LogP contribution in [-0.2, 0) is 21.7 Å². The van der Waals surface area contributed by atoms with Gasteiger partial charge in [-0.25, -0.2) is 4.99 Å². The second kappa shape index (κ2) is 13.8. The van der Waals surface area contributed by atoms with Crippen LogP contribution in [0.5, 0.6) is 0 Å². The molecule has 0 unspecified atom stereocenters. The molecule has 0 bridgehead atoms. The van der Waals surface area contributed by atoms with Crippen LogP contribution in [-0.4, -0.2) is 45.7 Å². The smallest absolute Gasteiger partial charge is 0.259 e. The summed E-state index contributed by atoms with van der Waals surface area (Å²) in [5.41, 5.74) is -18.5. The molecule has 58 heavy (non-hydrogen) atoms. The molecule has 0 fully saturated rings. The number of aliphatic imine (C=N–C) groups is 2. The molecule has 0 N–H and O–H groups in total. The van der Waals surface area contributed by atoms with Gasteiger partial charge in [-0.2, -0.15) is 63.2 Å². The summed E-state index contributed by atoms with van der Waals surface area (Å²) in [5.74, 6) is -6.53. The minimum Gasteiger partial charge on any atom is -0.259 e. The summed E-state index contributed by atoms with van der Waals surface area (Å²) < 4.78 is 183. The van der Waals surface area contributed by atoms with Crippen molar-refractivity contribution in [3.63, 3.8) is 0 Å². The molecule has 2 aliphatic carbocycles. The Morgan fingerprint density at radius 3 is 1.57 bits per heavy atom. The van der Waals surface area contributed by atoms with E-state index in [1.54, 1.807) is 48.5 Å². The van der Waals surface area contributed by atoms with Crippen LogP contribution in [0.2, 0.25) is 0 Å². The Labute approximate surface area is 335 Å². The predicted octanol–water partition coefficient (Wildman–Crippen LogP) is 12.6. The Kier molecular flexibility index (Phi) is 10.8. The lowest BCUT2D eigenvalue weighted by Gasteiger charge is -2.46. The Hall–Kier alpha value is -3.90. The highest BCUT2D eigenvalue weighted by atomic mass is 32.2. The molecule has 2 aromatic carbocycles. The molecule has 2 atom stereocenters. The fourth-order valence-electron chi connectivity index (χ4n) is 8.98. The third kappa shape index (κ3) is 6.20. The van der Waals surface area contributed by atoms with Gasteiger partial charge < -0.3 is 0 Å². The van der Waals surface area contributed by atoms with Crippen LogP contribution in [0, 0.1) is 33.5 Å². The summed E-state index contributed by atoms with van der Waals surface area (Å²) in [7, 11) is 0. The van der Waals surface area contributed by atoms with Crippen molar-refractivity contribution in [1.82, 2.24) is 0 Å². The second-order valence-electron chi connectivity index (χ2n) is 16.5. The lowest BCUT2D eigenvalue weighted by molar-refractivity contribution is -0.205. The number of allylic oxidation sites excluding steroid dienone is 1. The maximum Gasteiger partial charge on any atom is 0.418 e. The molecule has 0 saturated heterocycles. The number of nitrogens with zero attached hydrogens (tertiary/aromatic N) is 4. The van der Waals surface area contributed by atoms with E-state index in [1.807, 2.05) is 0 Å². The van der Waals surface area contributed by atoms with Crippen molar-refractivity contribution in [2.75, 3.05) is 11.5 Å². The van der Waals surface area contributed by atoms with E-state index in [0.717, 1.165) is 6.07 Å². The van der Waals surface area contributed by atoms with E-state index >= 15 is 52.7 Å². The van der Waals surface area contributed by atoms with E-state index in [-0.39, 0.29) is 5.71 Å². The number of hydrogen-bond donors (Lipinski definition) is 0. The Balaban J connectivity index is 1.83. The van der Waals surface area contributed by atoms with Crippen LogP contribution in [0.25, 0.3) is 0 Å². The maximum atomic E-state index is 16.5. The normalized spacial score (nSPS) is 24.3. The van der Waals surface area contributed by atoms with Gasteiger partial charge in [-0.1, -0.05) is 104 Å². The average Bonchev–Trinajstić information content (AvgIpc) is 3.24. The van der Waals surface area contributed by atoms with Crippen molar-refractivity contribution >= 4 is 34.3 Å². The summed E-state index contributed by atoms with van der Waals surface area (Å²) in [6, 6.07) is 14.1. The molecule has 0 aromatic heterocycles. The Bertz CT molecular complexity index is 2170. The van der Waals surface area contributed by atoms with Crippen LogP contribution >= 0.6 is 23.5 Å². The average molecular weight is 865 g/mol. The van der Waals surface area contributed by atoms with E-state index in [0.29, 0.717) is 40.1 Å². The van der Waals surface area contributed by atoms with Gasteiger partial charge in [0.05, 0.1) is 17.7 Å². The molecule has 1 spiro atoms. The van der Waals surface area contributed by atoms with Gasteiger partial charge in [-0.05, 0) is 22.3 Å². The van der Waals surface area contributed by atoms with E-state index in [2.05, 4.69) is 9.98 Å². The predicted molar refractivity (Wildman–Crippen MR) is 199 cm³/mol. The van der Waals surface area contributed by atoms with Crippen LogP contribution in [0.1, 0.15) is 77.6 Å². The number of nitriles is 2. The molecule has 5 rings (SSSR count). The van der Waals surface area contributed by atoms with Gasteiger partial charge in [0.2, 0.25) is 5.95 Å². The molecule has 1 aliphatic heterocycles. The van der Waals surface area contributed by atoms with Gasteiger partial charge in [0.25, 0.3) is 6.08 Å². The number of alkyl halides is 9. The van der Waals surface area contributed by atoms with Crippen molar-refractivity contribution in [3.05, 3.63) is 94.0 Å². The molecule has 0 amide bonds. The molecule has 2 aromatic rings. The third-order valence-electron chi connectivity index (χ3n) is 11.9. The summed E-state index contributed by atoms with van der Waals surface area (Å²) in [4.78, 5) is 5.87. The summed E-state index contributed by atoms with van der Waals surface area (Å²) >= 11 is -0.315. The lowest BCUT2D eigenvalue weighted by Crippen LogP contribution is -2.51. The van der Waals surface area contributed by atoms with E-state index < -0.39 is 107 Å². The van der Waals surface area contributed by atoms with E-state index in [1.165, 1.54) is 55.4 Å². The first-order chi connectivity index (χ1) is 26.3. The zero-order chi connectivity index (χ0) is 44.1. The van der Waals surface area contributed by atoms with Crippen molar-refractivity contribution in [2.45, 2.75) is 100 Å². The highest BCUT2D eigenvalue weighted by Crippen LogP contribution is 2.67. The number of halogens is 12. The van der Waals surface area contributed by atoms with Crippen LogP contribution in [0.3, 0.4) is 0 Å². The molecule has 0 radical (unpaired) electrons. The van der Waals surface area contributed by atoms with Crippen LogP contribution < -0.4 is 0 Å². The zero-order valence-corrected chi connectivity index (χ0v) is 33.8. The molecule has 0 saturated carbocycles. The molecule has 18 heteroatoms. The highest BCUT2D eigenvalue weighted by Gasteiger charge is 2.71. The van der Waals surface area contributed by atoms with Crippen molar-refractivity contribution in [1.29, 1.82) is 10.5 Å². The first-order valence-corrected chi connectivity index (χ1v) is 19.4. The maximum absolute atomic E-state index is 16.5. The van der Waals surface area contributed by atoms with Gasteiger partial charge in [0.1, 0.15) is 15.5 Å². The summed E-state index contributed by atoms with van der Waals surface area (Å²) in [6.45, 7) is 11.8.